The van der Waals surface area contributed by atoms with Crippen LogP contribution in [0.25, 0.3) is 0 Å². The summed E-state index contributed by atoms with van der Waals surface area (Å²) in [4.78, 5) is 34.0. The second kappa shape index (κ2) is 8.91. The van der Waals surface area contributed by atoms with E-state index in [2.05, 4.69) is 5.32 Å². The minimum atomic E-state index is -0.555. The van der Waals surface area contributed by atoms with Crippen LogP contribution in [0.15, 0.2) is 59.0 Å². The van der Waals surface area contributed by atoms with E-state index in [4.69, 9.17) is 13.9 Å². The van der Waals surface area contributed by atoms with Crippen LogP contribution >= 0.6 is 0 Å². The van der Waals surface area contributed by atoms with Crippen molar-refractivity contribution in [3.63, 3.8) is 0 Å². The van der Waals surface area contributed by atoms with Crippen molar-refractivity contribution in [2.45, 2.75) is 13.5 Å². The van der Waals surface area contributed by atoms with Crippen LogP contribution in [0.5, 0.6) is 11.5 Å². The van der Waals surface area contributed by atoms with E-state index in [-0.39, 0.29) is 35.3 Å². The van der Waals surface area contributed by atoms with Crippen LogP contribution in [0.1, 0.15) is 33.6 Å². The molecule has 0 aliphatic carbocycles. The van der Waals surface area contributed by atoms with Crippen molar-refractivity contribution in [1.29, 1.82) is 0 Å². The zero-order chi connectivity index (χ0) is 21.7. The van der Waals surface area contributed by atoms with Gasteiger partial charge in [-0.05, 0) is 49.4 Å². The number of amides is 1. The fourth-order valence-corrected chi connectivity index (χ4v) is 2.60. The smallest absolute Gasteiger partial charge is 0.291 e. The number of hydrogen-bond donors (Lipinski definition) is 1. The maximum Gasteiger partial charge on any atom is 0.291 e. The molecule has 30 heavy (non-hydrogen) atoms. The Morgan fingerprint density at radius 1 is 1.10 bits per heavy atom. The lowest BCUT2D eigenvalue weighted by Gasteiger charge is -2.09. The summed E-state index contributed by atoms with van der Waals surface area (Å²) in [6, 6.07) is 13.6. The summed E-state index contributed by atoms with van der Waals surface area (Å²) in [5, 5.41) is 13.5. The Labute approximate surface area is 171 Å². The first-order chi connectivity index (χ1) is 14.4. The maximum absolute atomic E-state index is 12.4. The van der Waals surface area contributed by atoms with E-state index in [1.54, 1.807) is 30.3 Å². The van der Waals surface area contributed by atoms with Crippen molar-refractivity contribution in [1.82, 2.24) is 0 Å². The Morgan fingerprint density at radius 3 is 2.47 bits per heavy atom. The first-order valence-electron chi connectivity index (χ1n) is 8.83. The van der Waals surface area contributed by atoms with Crippen LogP contribution in [0.3, 0.4) is 0 Å². The normalized spacial score (nSPS) is 10.3. The molecule has 0 bridgehead atoms. The number of nitrogens with zero attached hydrogens (tertiary/aromatic N) is 1. The molecule has 1 aromatic heterocycles. The zero-order valence-corrected chi connectivity index (χ0v) is 16.2. The standard InChI is InChI=1S/C21H18N2O7/c1-13(24)14-3-6-16(7-4-14)29-12-17-8-10-19(30-17)21(25)22-18-9-5-15(23(26)27)11-20(18)28-2/h3-11H,12H2,1-2H3,(H,22,25). The third-order valence-electron chi connectivity index (χ3n) is 4.17. The van der Waals surface area contributed by atoms with E-state index in [9.17, 15) is 19.7 Å². The van der Waals surface area contributed by atoms with Crippen LogP contribution in [0, 0.1) is 10.1 Å². The van der Waals surface area contributed by atoms with Crippen molar-refractivity contribution >= 4 is 23.1 Å². The second-order valence-electron chi connectivity index (χ2n) is 6.23. The number of nitrogens with one attached hydrogen (secondary N) is 1. The molecule has 3 aromatic rings. The fourth-order valence-electron chi connectivity index (χ4n) is 2.60. The fraction of sp³-hybridized carbons (Fsp3) is 0.143. The van der Waals surface area contributed by atoms with Gasteiger partial charge in [-0.2, -0.15) is 0 Å². The largest absolute Gasteiger partial charge is 0.494 e. The molecule has 0 atom stereocenters. The molecule has 0 aliphatic rings. The van der Waals surface area contributed by atoms with Gasteiger partial charge in [0.25, 0.3) is 11.6 Å². The van der Waals surface area contributed by atoms with Gasteiger partial charge in [0.1, 0.15) is 23.9 Å². The highest BCUT2D eigenvalue weighted by atomic mass is 16.6. The van der Waals surface area contributed by atoms with Gasteiger partial charge in [-0.15, -0.1) is 0 Å². The van der Waals surface area contributed by atoms with Gasteiger partial charge in [-0.3, -0.25) is 19.7 Å². The molecule has 1 N–H and O–H groups in total. The molecule has 0 fully saturated rings. The molecule has 9 nitrogen and oxygen atoms in total. The highest BCUT2D eigenvalue weighted by Crippen LogP contribution is 2.29. The number of ketones is 1. The van der Waals surface area contributed by atoms with Crippen LogP contribution in [-0.4, -0.2) is 23.7 Å². The summed E-state index contributed by atoms with van der Waals surface area (Å²) in [5.41, 5.74) is 0.701. The zero-order valence-electron chi connectivity index (χ0n) is 16.2. The molecule has 1 heterocycles. The van der Waals surface area contributed by atoms with Crippen LogP contribution in [-0.2, 0) is 6.61 Å². The van der Waals surface area contributed by atoms with E-state index in [1.807, 2.05) is 0 Å². The van der Waals surface area contributed by atoms with Gasteiger partial charge in [0, 0.05) is 11.6 Å². The summed E-state index contributed by atoms with van der Waals surface area (Å²) in [6.07, 6.45) is 0. The van der Waals surface area contributed by atoms with Crippen molar-refractivity contribution in [2.24, 2.45) is 0 Å². The summed E-state index contributed by atoms with van der Waals surface area (Å²) < 4.78 is 16.2. The molecule has 2 aromatic carbocycles. The highest BCUT2D eigenvalue weighted by molar-refractivity contribution is 6.03. The van der Waals surface area contributed by atoms with Crippen LogP contribution in [0.4, 0.5) is 11.4 Å². The molecule has 0 aliphatic heterocycles. The summed E-state index contributed by atoms with van der Waals surface area (Å²) in [5.74, 6) is 0.596. The maximum atomic E-state index is 12.4. The van der Waals surface area contributed by atoms with Crippen LogP contribution in [0.2, 0.25) is 0 Å². The predicted octanol–water partition coefficient (Wildman–Crippen LogP) is 4.23. The number of nitro groups is 1. The number of methoxy groups -OCH3 is 1. The van der Waals surface area contributed by atoms with E-state index in [1.165, 1.54) is 38.3 Å². The average Bonchev–Trinajstić information content (AvgIpc) is 3.22. The van der Waals surface area contributed by atoms with Crippen molar-refractivity contribution in [3.05, 3.63) is 81.8 Å². The van der Waals surface area contributed by atoms with Crippen LogP contribution < -0.4 is 14.8 Å². The molecule has 1 amide bonds. The number of carbonyl (C=O) groups excluding carboxylic acids is 2. The third-order valence-corrected chi connectivity index (χ3v) is 4.17. The lowest BCUT2D eigenvalue weighted by atomic mass is 10.1. The number of benzene rings is 2. The molecule has 0 saturated heterocycles. The van der Waals surface area contributed by atoms with Crippen molar-refractivity contribution in [3.8, 4) is 11.5 Å². The van der Waals surface area contributed by atoms with E-state index < -0.39 is 10.8 Å². The van der Waals surface area contributed by atoms with Crippen molar-refractivity contribution < 1.29 is 28.4 Å². The molecule has 0 unspecified atom stereocenters. The SMILES string of the molecule is COc1cc([N+](=O)[O-])ccc1NC(=O)c1ccc(COc2ccc(C(C)=O)cc2)o1. The number of carbonyl (C=O) groups is 2. The Bertz CT molecular complexity index is 1090. The number of ether oxygens (including phenoxy) is 2. The average molecular weight is 410 g/mol. The molecular formula is C21H18N2O7. The summed E-state index contributed by atoms with van der Waals surface area (Å²) >= 11 is 0. The lowest BCUT2D eigenvalue weighted by molar-refractivity contribution is -0.384. The minimum Gasteiger partial charge on any atom is -0.494 e. The second-order valence-corrected chi connectivity index (χ2v) is 6.23. The number of hydrogen-bond acceptors (Lipinski definition) is 7. The minimum absolute atomic E-state index is 0.0344. The molecule has 0 spiro atoms. The number of Topliss-reactive ketones (excluding diaryl/α,β-unsaturated/α-hetero) is 1. The first kappa shape index (κ1) is 20.6. The van der Waals surface area contributed by atoms with Gasteiger partial charge in [-0.1, -0.05) is 0 Å². The number of non-ortho nitro benzene ring substituents is 1. The quantitative estimate of drug-likeness (QED) is 0.335. The number of nitro benzene ring substituents is 1. The monoisotopic (exact) mass is 410 g/mol. The first-order valence-corrected chi connectivity index (χ1v) is 8.83. The van der Waals surface area contributed by atoms with E-state index in [0.29, 0.717) is 17.1 Å². The van der Waals surface area contributed by atoms with Gasteiger partial charge in [0.15, 0.2) is 11.5 Å². The van der Waals surface area contributed by atoms with E-state index in [0.717, 1.165) is 0 Å². The Kier molecular flexibility index (Phi) is 6.11. The molecule has 9 heteroatoms. The van der Waals surface area contributed by atoms with E-state index >= 15 is 0 Å². The topological polar surface area (TPSA) is 121 Å². The van der Waals surface area contributed by atoms with Gasteiger partial charge in [0.2, 0.25) is 0 Å². The third kappa shape index (κ3) is 4.82. The van der Waals surface area contributed by atoms with Crippen molar-refractivity contribution in [2.75, 3.05) is 12.4 Å². The Morgan fingerprint density at radius 2 is 1.83 bits per heavy atom. The molecule has 0 saturated carbocycles. The summed E-state index contributed by atoms with van der Waals surface area (Å²) in [6.45, 7) is 1.57. The predicted molar refractivity (Wildman–Crippen MR) is 107 cm³/mol. The van der Waals surface area contributed by atoms with Gasteiger partial charge >= 0.3 is 0 Å². The molecule has 0 radical (unpaired) electrons. The molecule has 3 rings (SSSR count). The van der Waals surface area contributed by atoms with Gasteiger partial charge < -0.3 is 19.2 Å². The Balaban J connectivity index is 1.63. The van der Waals surface area contributed by atoms with Gasteiger partial charge in [-0.25, -0.2) is 0 Å². The molecule has 154 valence electrons. The number of rotatable bonds is 8. The summed E-state index contributed by atoms with van der Waals surface area (Å²) in [7, 11) is 1.35. The lowest BCUT2D eigenvalue weighted by Crippen LogP contribution is -2.12. The molecular weight excluding hydrogens is 392 g/mol. The highest BCUT2D eigenvalue weighted by Gasteiger charge is 2.17. The Hall–Kier alpha value is -4.14. The number of furan rings is 1. The van der Waals surface area contributed by atoms with Gasteiger partial charge in [0.05, 0.1) is 23.8 Å². The number of anilines is 1.